The Balaban J connectivity index is 2.10. The van der Waals surface area contributed by atoms with E-state index in [2.05, 4.69) is 0 Å². The summed E-state index contributed by atoms with van der Waals surface area (Å²) in [6.45, 7) is 1.83. The number of rotatable bonds is 3. The van der Waals surface area contributed by atoms with Crippen LogP contribution in [0.2, 0.25) is 0 Å². The number of fused-ring (bicyclic) bond motifs is 1. The van der Waals surface area contributed by atoms with Gasteiger partial charge in [0.25, 0.3) is 0 Å². The maximum Gasteiger partial charge on any atom is 0.340 e. The highest BCUT2D eigenvalue weighted by molar-refractivity contribution is 7.87. The van der Waals surface area contributed by atoms with Gasteiger partial charge in [0.15, 0.2) is 5.75 Å². The average Bonchev–Trinajstić information content (AvgIpc) is 2.46. The highest BCUT2D eigenvalue weighted by Crippen LogP contribution is 2.29. The van der Waals surface area contributed by atoms with Gasteiger partial charge in [-0.05, 0) is 31.2 Å². The van der Waals surface area contributed by atoms with Crippen molar-refractivity contribution in [1.82, 2.24) is 0 Å². The second-order valence-corrected chi connectivity index (χ2v) is 6.51. The molecule has 0 spiro atoms. The van der Waals surface area contributed by atoms with Gasteiger partial charge in [-0.25, -0.2) is 4.79 Å². The smallest absolute Gasteiger partial charge is 0.340 e. The summed E-state index contributed by atoms with van der Waals surface area (Å²) in [7, 11) is -4.09. The Kier molecular flexibility index (Phi) is 3.57. The van der Waals surface area contributed by atoms with Crippen molar-refractivity contribution in [2.75, 3.05) is 0 Å². The summed E-state index contributed by atoms with van der Waals surface area (Å²) in [4.78, 5) is 11.5. The fraction of sp³-hybridized carbons (Fsp3) is 0.0625. The number of phenols is 1. The van der Waals surface area contributed by atoms with E-state index in [-0.39, 0.29) is 27.4 Å². The molecule has 0 radical (unpaired) electrons. The summed E-state index contributed by atoms with van der Waals surface area (Å²) in [6.07, 6.45) is 0. The minimum atomic E-state index is -4.09. The van der Waals surface area contributed by atoms with Crippen LogP contribution < -0.4 is 9.81 Å². The van der Waals surface area contributed by atoms with Crippen LogP contribution in [0.3, 0.4) is 0 Å². The zero-order valence-electron chi connectivity index (χ0n) is 12.0. The molecule has 118 valence electrons. The fourth-order valence-electron chi connectivity index (χ4n) is 2.06. The molecule has 6 nitrogen and oxygen atoms in total. The van der Waals surface area contributed by atoms with Gasteiger partial charge in [-0.15, -0.1) is 0 Å². The van der Waals surface area contributed by atoms with Gasteiger partial charge < -0.3 is 13.7 Å². The number of hydrogen-bond acceptors (Lipinski definition) is 6. The van der Waals surface area contributed by atoms with Gasteiger partial charge in [0.1, 0.15) is 16.2 Å². The Hall–Kier alpha value is -2.80. The van der Waals surface area contributed by atoms with Crippen molar-refractivity contribution >= 4 is 21.1 Å². The number of hydrogen-bond donors (Lipinski definition) is 1. The minimum Gasteiger partial charge on any atom is -0.508 e. The van der Waals surface area contributed by atoms with E-state index in [1.54, 1.807) is 12.1 Å². The van der Waals surface area contributed by atoms with Crippen molar-refractivity contribution in [3.05, 3.63) is 64.5 Å². The zero-order valence-corrected chi connectivity index (χ0v) is 12.8. The molecule has 0 saturated heterocycles. The molecule has 0 unspecified atom stereocenters. The van der Waals surface area contributed by atoms with Crippen molar-refractivity contribution in [2.24, 2.45) is 0 Å². The second-order valence-electron chi connectivity index (χ2n) is 4.96. The van der Waals surface area contributed by atoms with E-state index >= 15 is 0 Å². The molecule has 3 aromatic rings. The fourth-order valence-corrected chi connectivity index (χ4v) is 3.00. The van der Waals surface area contributed by atoms with Crippen LogP contribution in [0.1, 0.15) is 5.56 Å². The van der Waals surface area contributed by atoms with Crippen molar-refractivity contribution in [3.63, 3.8) is 0 Å². The topological polar surface area (TPSA) is 93.8 Å². The van der Waals surface area contributed by atoms with Crippen molar-refractivity contribution in [2.45, 2.75) is 11.8 Å². The van der Waals surface area contributed by atoms with Gasteiger partial charge in [-0.2, -0.15) is 8.42 Å². The average molecular weight is 332 g/mol. The van der Waals surface area contributed by atoms with Crippen LogP contribution in [0.15, 0.2) is 62.6 Å². The normalized spacial score (nSPS) is 11.5. The van der Waals surface area contributed by atoms with Gasteiger partial charge in [0.2, 0.25) is 0 Å². The monoisotopic (exact) mass is 332 g/mol. The Morgan fingerprint density at radius 3 is 2.43 bits per heavy atom. The van der Waals surface area contributed by atoms with Gasteiger partial charge in [-0.1, -0.05) is 17.7 Å². The summed E-state index contributed by atoms with van der Waals surface area (Å²) in [5.74, 6) is -0.268. The molecule has 0 saturated carbocycles. The lowest BCUT2D eigenvalue weighted by Crippen LogP contribution is -2.11. The second kappa shape index (κ2) is 5.44. The van der Waals surface area contributed by atoms with E-state index in [1.807, 2.05) is 6.92 Å². The van der Waals surface area contributed by atoms with E-state index in [4.69, 9.17) is 8.60 Å². The number of aromatic hydroxyl groups is 1. The van der Waals surface area contributed by atoms with Crippen molar-refractivity contribution in [1.29, 1.82) is 0 Å². The molecule has 0 aliphatic rings. The maximum atomic E-state index is 12.3. The summed E-state index contributed by atoms with van der Waals surface area (Å²) in [6, 6.07) is 11.0. The minimum absolute atomic E-state index is 0.0248. The molecule has 1 heterocycles. The molecule has 1 aromatic heterocycles. The van der Waals surface area contributed by atoms with Crippen LogP contribution in [0.25, 0.3) is 11.0 Å². The first kappa shape index (κ1) is 15.1. The molecular formula is C16H12O6S. The number of phenolic OH excluding ortho intramolecular Hbond substituents is 1. The van der Waals surface area contributed by atoms with Gasteiger partial charge in [-0.3, -0.25) is 0 Å². The van der Waals surface area contributed by atoms with Crippen LogP contribution >= 0.6 is 0 Å². The number of benzene rings is 2. The standard InChI is InChI=1S/C16H12O6S/c1-10-2-5-12(6-3-10)23(19,20)22-15-9-16(18)21-14-8-11(17)4-7-13(14)15/h2-9,17H,1H3. The lowest BCUT2D eigenvalue weighted by Gasteiger charge is -2.09. The highest BCUT2D eigenvalue weighted by atomic mass is 32.2. The molecule has 0 atom stereocenters. The Morgan fingerprint density at radius 1 is 1.04 bits per heavy atom. The van der Waals surface area contributed by atoms with Gasteiger partial charge in [0.05, 0.1) is 11.5 Å². The molecule has 1 N–H and O–H groups in total. The summed E-state index contributed by atoms with van der Waals surface area (Å²) in [5.41, 5.74) is 0.161. The van der Waals surface area contributed by atoms with Crippen molar-refractivity contribution < 1.29 is 22.1 Å². The molecule has 23 heavy (non-hydrogen) atoms. The van der Waals surface area contributed by atoms with Crippen LogP contribution in [-0.4, -0.2) is 13.5 Å². The zero-order chi connectivity index (χ0) is 16.6. The van der Waals surface area contributed by atoms with Crippen LogP contribution in [0, 0.1) is 6.92 Å². The maximum absolute atomic E-state index is 12.3. The van der Waals surface area contributed by atoms with E-state index in [0.29, 0.717) is 0 Å². The molecule has 0 aliphatic heterocycles. The molecular weight excluding hydrogens is 320 g/mol. The molecule has 0 amide bonds. The predicted octanol–water partition coefficient (Wildman–Crippen LogP) is 2.57. The SMILES string of the molecule is Cc1ccc(S(=O)(=O)Oc2cc(=O)oc3cc(O)ccc23)cc1. The van der Waals surface area contributed by atoms with E-state index in [0.717, 1.165) is 11.6 Å². The van der Waals surface area contributed by atoms with Crippen LogP contribution in [-0.2, 0) is 10.1 Å². The lowest BCUT2D eigenvalue weighted by atomic mass is 10.2. The first-order valence-electron chi connectivity index (χ1n) is 6.63. The molecule has 2 aromatic carbocycles. The summed E-state index contributed by atoms with van der Waals surface area (Å²) in [5, 5.41) is 9.69. The molecule has 0 aliphatic carbocycles. The lowest BCUT2D eigenvalue weighted by molar-refractivity contribution is 0.471. The number of aryl methyl sites for hydroxylation is 1. The molecule has 0 bridgehead atoms. The van der Waals surface area contributed by atoms with E-state index in [1.165, 1.54) is 30.3 Å². The quantitative estimate of drug-likeness (QED) is 0.585. The summed E-state index contributed by atoms with van der Waals surface area (Å²) >= 11 is 0. The predicted molar refractivity (Wildman–Crippen MR) is 83.1 cm³/mol. The third-order valence-electron chi connectivity index (χ3n) is 3.20. The molecule has 0 fully saturated rings. The van der Waals surface area contributed by atoms with Crippen LogP contribution in [0.4, 0.5) is 0 Å². The largest absolute Gasteiger partial charge is 0.508 e. The van der Waals surface area contributed by atoms with E-state index < -0.39 is 15.7 Å². The first-order valence-corrected chi connectivity index (χ1v) is 8.04. The third kappa shape index (κ3) is 3.04. The molecule has 7 heteroatoms. The Morgan fingerprint density at radius 2 is 1.74 bits per heavy atom. The van der Waals surface area contributed by atoms with Crippen LogP contribution in [0.5, 0.6) is 11.5 Å². The van der Waals surface area contributed by atoms with E-state index in [9.17, 15) is 18.3 Å². The first-order chi connectivity index (χ1) is 10.8. The van der Waals surface area contributed by atoms with Gasteiger partial charge in [0, 0.05) is 6.07 Å². The van der Waals surface area contributed by atoms with Crippen molar-refractivity contribution in [3.8, 4) is 11.5 Å². The van der Waals surface area contributed by atoms with Gasteiger partial charge >= 0.3 is 15.7 Å². The Labute approximate surface area is 131 Å². The molecule has 3 rings (SSSR count). The highest BCUT2D eigenvalue weighted by Gasteiger charge is 2.19. The summed E-state index contributed by atoms with van der Waals surface area (Å²) < 4.78 is 34.7. The Bertz CT molecular complexity index is 1030. The third-order valence-corrected chi connectivity index (χ3v) is 4.45.